The second kappa shape index (κ2) is 8.07. The van der Waals surface area contributed by atoms with Gasteiger partial charge in [0.1, 0.15) is 0 Å². The van der Waals surface area contributed by atoms with Gasteiger partial charge < -0.3 is 25.2 Å². The SMILES string of the molecule is COC(=O)N1CCCN(C(=O)c2ccc(NC(=O)NC3CC3)cc2)CC1. The van der Waals surface area contributed by atoms with Gasteiger partial charge in [0.15, 0.2) is 0 Å². The van der Waals surface area contributed by atoms with Gasteiger partial charge in [-0.2, -0.15) is 0 Å². The number of carbonyl (C=O) groups is 3. The molecule has 1 saturated carbocycles. The molecule has 0 bridgehead atoms. The molecule has 1 aliphatic carbocycles. The Morgan fingerprint density at radius 1 is 1.00 bits per heavy atom. The zero-order chi connectivity index (χ0) is 18.5. The summed E-state index contributed by atoms with van der Waals surface area (Å²) in [6.45, 7) is 2.10. The van der Waals surface area contributed by atoms with Gasteiger partial charge in [-0.3, -0.25) is 4.79 Å². The summed E-state index contributed by atoms with van der Waals surface area (Å²) in [4.78, 5) is 39.4. The average molecular weight is 360 g/mol. The van der Waals surface area contributed by atoms with Crippen LogP contribution in [-0.2, 0) is 4.74 Å². The number of benzene rings is 1. The lowest BCUT2D eigenvalue weighted by Gasteiger charge is -2.21. The third-order valence-corrected chi connectivity index (χ3v) is 4.52. The Labute approximate surface area is 152 Å². The Morgan fingerprint density at radius 2 is 1.65 bits per heavy atom. The molecule has 1 saturated heterocycles. The molecular weight excluding hydrogens is 336 g/mol. The van der Waals surface area contributed by atoms with Crippen molar-refractivity contribution in [2.24, 2.45) is 0 Å². The van der Waals surface area contributed by atoms with Gasteiger partial charge in [0.2, 0.25) is 0 Å². The van der Waals surface area contributed by atoms with Gasteiger partial charge in [0.05, 0.1) is 7.11 Å². The van der Waals surface area contributed by atoms with Gasteiger partial charge in [-0.05, 0) is 43.5 Å². The number of ether oxygens (including phenoxy) is 1. The van der Waals surface area contributed by atoms with Crippen LogP contribution in [0.15, 0.2) is 24.3 Å². The molecule has 0 unspecified atom stereocenters. The first kappa shape index (κ1) is 18.0. The zero-order valence-electron chi connectivity index (χ0n) is 14.9. The Hall–Kier alpha value is -2.77. The minimum Gasteiger partial charge on any atom is -0.453 e. The Balaban J connectivity index is 1.55. The van der Waals surface area contributed by atoms with Crippen LogP contribution in [0.3, 0.4) is 0 Å². The fourth-order valence-corrected chi connectivity index (χ4v) is 2.89. The number of rotatable bonds is 3. The molecule has 4 amide bonds. The number of hydrogen-bond acceptors (Lipinski definition) is 4. The minimum absolute atomic E-state index is 0.0781. The van der Waals surface area contributed by atoms with E-state index in [0.717, 1.165) is 12.8 Å². The average Bonchev–Trinajstić information content (AvgIpc) is 3.47. The Morgan fingerprint density at radius 3 is 2.31 bits per heavy atom. The summed E-state index contributed by atoms with van der Waals surface area (Å²) < 4.78 is 4.74. The van der Waals surface area contributed by atoms with Crippen LogP contribution in [-0.4, -0.2) is 67.2 Å². The number of hydrogen-bond donors (Lipinski definition) is 2. The van der Waals surface area contributed by atoms with E-state index in [1.165, 1.54) is 7.11 Å². The molecule has 8 nitrogen and oxygen atoms in total. The summed E-state index contributed by atoms with van der Waals surface area (Å²) >= 11 is 0. The second-order valence-electron chi connectivity index (χ2n) is 6.55. The minimum atomic E-state index is -0.362. The quantitative estimate of drug-likeness (QED) is 0.861. The number of nitrogens with zero attached hydrogens (tertiary/aromatic N) is 2. The van der Waals surface area contributed by atoms with Crippen molar-refractivity contribution in [2.75, 3.05) is 38.6 Å². The molecule has 2 N–H and O–H groups in total. The zero-order valence-corrected chi connectivity index (χ0v) is 14.9. The van der Waals surface area contributed by atoms with Crippen molar-refractivity contribution >= 4 is 23.7 Å². The van der Waals surface area contributed by atoms with Gasteiger partial charge in [0, 0.05) is 43.5 Å². The lowest BCUT2D eigenvalue weighted by atomic mass is 10.1. The highest BCUT2D eigenvalue weighted by atomic mass is 16.5. The molecule has 0 radical (unpaired) electrons. The Bertz CT molecular complexity index is 672. The maximum Gasteiger partial charge on any atom is 0.409 e. The van der Waals surface area contributed by atoms with Crippen LogP contribution >= 0.6 is 0 Å². The summed E-state index contributed by atoms with van der Waals surface area (Å²) in [6, 6.07) is 6.93. The highest BCUT2D eigenvalue weighted by molar-refractivity contribution is 5.95. The summed E-state index contributed by atoms with van der Waals surface area (Å²) in [5.41, 5.74) is 1.21. The maximum absolute atomic E-state index is 12.7. The van der Waals surface area contributed by atoms with Gasteiger partial charge in [-0.15, -0.1) is 0 Å². The fraction of sp³-hybridized carbons (Fsp3) is 0.500. The lowest BCUT2D eigenvalue weighted by Crippen LogP contribution is -2.37. The molecule has 8 heteroatoms. The molecule has 1 aromatic carbocycles. The lowest BCUT2D eigenvalue weighted by molar-refractivity contribution is 0.0757. The van der Waals surface area contributed by atoms with E-state index >= 15 is 0 Å². The predicted molar refractivity (Wildman–Crippen MR) is 96.1 cm³/mol. The molecule has 3 rings (SSSR count). The second-order valence-corrected chi connectivity index (χ2v) is 6.55. The summed E-state index contributed by atoms with van der Waals surface area (Å²) in [5, 5.41) is 5.61. The third kappa shape index (κ3) is 4.65. The van der Waals surface area contributed by atoms with Crippen LogP contribution < -0.4 is 10.6 Å². The molecule has 1 aromatic rings. The highest BCUT2D eigenvalue weighted by Crippen LogP contribution is 2.19. The monoisotopic (exact) mass is 360 g/mol. The van der Waals surface area contributed by atoms with E-state index in [-0.39, 0.29) is 18.0 Å². The molecule has 0 atom stereocenters. The van der Waals surface area contributed by atoms with Crippen molar-refractivity contribution in [3.63, 3.8) is 0 Å². The van der Waals surface area contributed by atoms with Gasteiger partial charge in [-0.25, -0.2) is 9.59 Å². The fourth-order valence-electron chi connectivity index (χ4n) is 2.89. The van der Waals surface area contributed by atoms with Crippen LogP contribution in [0.2, 0.25) is 0 Å². The van der Waals surface area contributed by atoms with E-state index in [2.05, 4.69) is 10.6 Å². The van der Waals surface area contributed by atoms with Crippen molar-refractivity contribution < 1.29 is 19.1 Å². The van der Waals surface area contributed by atoms with Crippen molar-refractivity contribution in [3.05, 3.63) is 29.8 Å². The van der Waals surface area contributed by atoms with Crippen LogP contribution in [0, 0.1) is 0 Å². The molecule has 0 aromatic heterocycles. The molecule has 140 valence electrons. The standard InChI is InChI=1S/C18H24N4O4/c1-26-18(25)22-10-2-9-21(11-12-22)16(23)13-3-5-14(6-4-13)19-17(24)20-15-7-8-15/h3-6,15H,2,7-12H2,1H3,(H2,19,20,24). The molecule has 2 fully saturated rings. The number of nitrogens with one attached hydrogen (secondary N) is 2. The normalized spacial score (nSPS) is 17.3. The maximum atomic E-state index is 12.7. The number of anilines is 1. The molecule has 1 aliphatic heterocycles. The molecule has 1 heterocycles. The number of methoxy groups -OCH3 is 1. The van der Waals surface area contributed by atoms with E-state index in [1.807, 2.05) is 0 Å². The van der Waals surface area contributed by atoms with Crippen LogP contribution in [0.25, 0.3) is 0 Å². The largest absolute Gasteiger partial charge is 0.453 e. The first-order valence-corrected chi connectivity index (χ1v) is 8.86. The summed E-state index contributed by atoms with van der Waals surface area (Å²) in [7, 11) is 1.36. The van der Waals surface area contributed by atoms with Gasteiger partial charge in [0.25, 0.3) is 5.91 Å². The number of urea groups is 1. The third-order valence-electron chi connectivity index (χ3n) is 4.52. The van der Waals surface area contributed by atoms with E-state index in [0.29, 0.717) is 49.9 Å². The van der Waals surface area contributed by atoms with E-state index in [4.69, 9.17) is 4.74 Å². The van der Waals surface area contributed by atoms with Crippen molar-refractivity contribution in [3.8, 4) is 0 Å². The summed E-state index contributed by atoms with van der Waals surface area (Å²) in [5.74, 6) is -0.0781. The van der Waals surface area contributed by atoms with Crippen molar-refractivity contribution in [2.45, 2.75) is 25.3 Å². The first-order chi connectivity index (χ1) is 12.6. The smallest absolute Gasteiger partial charge is 0.409 e. The number of carbonyl (C=O) groups excluding carboxylic acids is 3. The Kier molecular flexibility index (Phi) is 5.60. The molecule has 0 spiro atoms. The molecule has 26 heavy (non-hydrogen) atoms. The van der Waals surface area contributed by atoms with Gasteiger partial charge >= 0.3 is 12.1 Å². The van der Waals surface area contributed by atoms with E-state index in [1.54, 1.807) is 34.1 Å². The van der Waals surface area contributed by atoms with E-state index in [9.17, 15) is 14.4 Å². The van der Waals surface area contributed by atoms with Crippen LogP contribution in [0.4, 0.5) is 15.3 Å². The first-order valence-electron chi connectivity index (χ1n) is 8.86. The topological polar surface area (TPSA) is 91.0 Å². The van der Waals surface area contributed by atoms with Crippen molar-refractivity contribution in [1.82, 2.24) is 15.1 Å². The summed E-state index contributed by atoms with van der Waals surface area (Å²) in [6.07, 6.45) is 2.41. The molecule has 2 aliphatic rings. The van der Waals surface area contributed by atoms with Gasteiger partial charge in [-0.1, -0.05) is 0 Å². The highest BCUT2D eigenvalue weighted by Gasteiger charge is 2.24. The van der Waals surface area contributed by atoms with Crippen LogP contribution in [0.1, 0.15) is 29.6 Å². The van der Waals surface area contributed by atoms with E-state index < -0.39 is 0 Å². The number of amides is 4. The van der Waals surface area contributed by atoms with Crippen molar-refractivity contribution in [1.29, 1.82) is 0 Å². The van der Waals surface area contributed by atoms with Crippen LogP contribution in [0.5, 0.6) is 0 Å². The predicted octanol–water partition coefficient (Wildman–Crippen LogP) is 1.88. The molecular formula is C18H24N4O4.